The molecule has 7 heteroatoms. The Bertz CT molecular complexity index is 959. The second-order valence-electron chi connectivity index (χ2n) is 6.33. The molecule has 146 valence electrons. The fourth-order valence-electron chi connectivity index (χ4n) is 2.68. The molecule has 0 saturated heterocycles. The van der Waals surface area contributed by atoms with E-state index in [-0.39, 0.29) is 11.9 Å². The van der Waals surface area contributed by atoms with E-state index in [1.165, 1.54) is 12.1 Å². The van der Waals surface area contributed by atoms with Crippen molar-refractivity contribution < 1.29 is 9.13 Å². The number of allylic oxidation sites excluding steroid dienone is 1. The van der Waals surface area contributed by atoms with Crippen molar-refractivity contribution in [2.75, 3.05) is 0 Å². The molecule has 1 atom stereocenters. The largest absolute Gasteiger partial charge is 0.483 e. The van der Waals surface area contributed by atoms with Crippen LogP contribution in [0.2, 0.25) is 5.02 Å². The van der Waals surface area contributed by atoms with Crippen molar-refractivity contribution in [1.29, 1.82) is 0 Å². The number of ether oxygens (including phenoxy) is 1. The highest BCUT2D eigenvalue weighted by atomic mass is 35.5. The maximum atomic E-state index is 13.1. The minimum atomic E-state index is -0.298. The van der Waals surface area contributed by atoms with Crippen molar-refractivity contribution in [3.05, 3.63) is 82.9 Å². The van der Waals surface area contributed by atoms with E-state index in [0.717, 1.165) is 22.0 Å². The molecule has 2 aromatic carbocycles. The van der Waals surface area contributed by atoms with E-state index in [4.69, 9.17) is 16.3 Å². The molecule has 0 saturated carbocycles. The van der Waals surface area contributed by atoms with Gasteiger partial charge in [0.1, 0.15) is 11.6 Å². The van der Waals surface area contributed by atoms with Gasteiger partial charge in [-0.05, 0) is 55.3 Å². The first-order chi connectivity index (χ1) is 13.5. The van der Waals surface area contributed by atoms with E-state index in [0.29, 0.717) is 23.1 Å². The number of hydrogen-bond acceptors (Lipinski definition) is 4. The lowest BCUT2D eigenvalue weighted by Crippen LogP contribution is -2.12. The molecule has 0 radical (unpaired) electrons. The van der Waals surface area contributed by atoms with Crippen molar-refractivity contribution in [3.63, 3.8) is 0 Å². The molecule has 1 heterocycles. The third kappa shape index (κ3) is 4.94. The smallest absolute Gasteiger partial charge is 0.191 e. The summed E-state index contributed by atoms with van der Waals surface area (Å²) in [5.74, 6) is 1.87. The van der Waals surface area contributed by atoms with E-state index >= 15 is 0 Å². The van der Waals surface area contributed by atoms with Gasteiger partial charge in [-0.15, -0.1) is 16.8 Å². The van der Waals surface area contributed by atoms with Crippen LogP contribution >= 0.6 is 23.4 Å². The molecule has 0 amide bonds. The molecule has 0 aliphatic rings. The minimum Gasteiger partial charge on any atom is -0.483 e. The number of aryl methyl sites for hydroxylation is 1. The monoisotopic (exact) mass is 417 g/mol. The Labute approximate surface area is 173 Å². The zero-order valence-electron chi connectivity index (χ0n) is 15.7. The van der Waals surface area contributed by atoms with Crippen LogP contribution in [0.3, 0.4) is 0 Å². The molecule has 0 fully saturated rings. The lowest BCUT2D eigenvalue weighted by Gasteiger charge is -2.16. The van der Waals surface area contributed by atoms with Crippen LogP contribution in [0, 0.1) is 12.7 Å². The highest BCUT2D eigenvalue weighted by molar-refractivity contribution is 7.98. The minimum absolute atomic E-state index is 0.241. The first-order valence-electron chi connectivity index (χ1n) is 8.82. The van der Waals surface area contributed by atoms with Crippen LogP contribution in [0.4, 0.5) is 4.39 Å². The van der Waals surface area contributed by atoms with Crippen LogP contribution in [0.1, 0.15) is 30.0 Å². The summed E-state index contributed by atoms with van der Waals surface area (Å²) >= 11 is 7.62. The molecule has 28 heavy (non-hydrogen) atoms. The quantitative estimate of drug-likeness (QED) is 0.333. The molecule has 4 nitrogen and oxygen atoms in total. The van der Waals surface area contributed by atoms with Crippen molar-refractivity contribution in [2.45, 2.75) is 37.4 Å². The second kappa shape index (κ2) is 9.26. The Balaban J connectivity index is 1.75. The zero-order valence-corrected chi connectivity index (χ0v) is 17.3. The predicted octanol–water partition coefficient (Wildman–Crippen LogP) is 6.00. The standard InChI is InChI=1S/C21H21ClFN3OS/c1-4-11-26-20(15(3)27-18-9-10-19(22)14(2)12-18)24-25-21(26)28-13-16-5-7-17(23)8-6-16/h4-10,12,15H,1,11,13H2,2-3H3. The SMILES string of the molecule is C=CCn1c(SCc2ccc(F)cc2)nnc1C(C)Oc1ccc(Cl)c(C)c1. The third-order valence-electron chi connectivity index (χ3n) is 4.14. The fraction of sp³-hybridized carbons (Fsp3) is 0.238. The van der Waals surface area contributed by atoms with Crippen LogP contribution in [-0.2, 0) is 12.3 Å². The number of thioether (sulfide) groups is 1. The average molecular weight is 418 g/mol. The maximum Gasteiger partial charge on any atom is 0.191 e. The Hall–Kier alpha value is -2.31. The summed E-state index contributed by atoms with van der Waals surface area (Å²) < 4.78 is 21.1. The molecule has 1 aromatic heterocycles. The summed E-state index contributed by atoms with van der Waals surface area (Å²) in [4.78, 5) is 0. The lowest BCUT2D eigenvalue weighted by molar-refractivity contribution is 0.210. The summed E-state index contributed by atoms with van der Waals surface area (Å²) in [7, 11) is 0. The van der Waals surface area contributed by atoms with E-state index in [1.807, 2.05) is 36.6 Å². The van der Waals surface area contributed by atoms with Gasteiger partial charge >= 0.3 is 0 Å². The van der Waals surface area contributed by atoms with Crippen LogP contribution in [0.25, 0.3) is 0 Å². The summed E-state index contributed by atoms with van der Waals surface area (Å²) in [6, 6.07) is 12.0. The van der Waals surface area contributed by atoms with E-state index < -0.39 is 0 Å². The molecule has 0 aliphatic heterocycles. The highest BCUT2D eigenvalue weighted by Gasteiger charge is 2.19. The summed E-state index contributed by atoms with van der Waals surface area (Å²) in [6.07, 6.45) is 1.50. The Morgan fingerprint density at radius 2 is 2.00 bits per heavy atom. The molecular weight excluding hydrogens is 397 g/mol. The Kier molecular flexibility index (Phi) is 6.75. The number of hydrogen-bond donors (Lipinski definition) is 0. The molecule has 1 unspecified atom stereocenters. The average Bonchev–Trinajstić information content (AvgIpc) is 3.07. The highest BCUT2D eigenvalue weighted by Crippen LogP contribution is 2.28. The van der Waals surface area contributed by atoms with Gasteiger partial charge in [0.15, 0.2) is 17.1 Å². The lowest BCUT2D eigenvalue weighted by atomic mass is 10.2. The van der Waals surface area contributed by atoms with Gasteiger partial charge in [-0.3, -0.25) is 4.57 Å². The van der Waals surface area contributed by atoms with Crippen molar-refractivity contribution in [3.8, 4) is 5.75 Å². The second-order valence-corrected chi connectivity index (χ2v) is 7.68. The van der Waals surface area contributed by atoms with Gasteiger partial charge in [0.25, 0.3) is 0 Å². The van der Waals surface area contributed by atoms with Gasteiger partial charge in [-0.25, -0.2) is 4.39 Å². The molecule has 3 rings (SSSR count). The van der Waals surface area contributed by atoms with E-state index in [2.05, 4.69) is 16.8 Å². The normalized spacial score (nSPS) is 12.0. The van der Waals surface area contributed by atoms with Gasteiger partial charge in [0.05, 0.1) is 0 Å². The Morgan fingerprint density at radius 1 is 1.25 bits per heavy atom. The van der Waals surface area contributed by atoms with Crippen molar-refractivity contribution in [2.24, 2.45) is 0 Å². The molecule has 0 spiro atoms. The van der Waals surface area contributed by atoms with Gasteiger partial charge < -0.3 is 4.74 Å². The van der Waals surface area contributed by atoms with Crippen LogP contribution in [0.5, 0.6) is 5.75 Å². The van der Waals surface area contributed by atoms with Gasteiger partial charge in [0, 0.05) is 17.3 Å². The van der Waals surface area contributed by atoms with Crippen LogP contribution < -0.4 is 4.74 Å². The predicted molar refractivity (Wildman–Crippen MR) is 111 cm³/mol. The number of aromatic nitrogens is 3. The van der Waals surface area contributed by atoms with Gasteiger partial charge in [-0.1, -0.05) is 41.6 Å². The summed E-state index contributed by atoms with van der Waals surface area (Å²) in [6.45, 7) is 8.27. The van der Waals surface area contributed by atoms with Crippen molar-refractivity contribution >= 4 is 23.4 Å². The van der Waals surface area contributed by atoms with Gasteiger partial charge in [0.2, 0.25) is 0 Å². The zero-order chi connectivity index (χ0) is 20.1. The number of benzene rings is 2. The van der Waals surface area contributed by atoms with Crippen LogP contribution in [-0.4, -0.2) is 14.8 Å². The summed E-state index contributed by atoms with van der Waals surface area (Å²) in [5.41, 5.74) is 1.97. The van der Waals surface area contributed by atoms with E-state index in [1.54, 1.807) is 30.0 Å². The molecule has 0 N–H and O–H groups in total. The molecule has 0 bridgehead atoms. The Morgan fingerprint density at radius 3 is 2.68 bits per heavy atom. The third-order valence-corrected chi connectivity index (χ3v) is 5.61. The van der Waals surface area contributed by atoms with E-state index in [9.17, 15) is 4.39 Å². The first-order valence-corrected chi connectivity index (χ1v) is 10.2. The maximum absolute atomic E-state index is 13.1. The number of nitrogens with zero attached hydrogens (tertiary/aromatic N) is 3. The van der Waals surface area contributed by atoms with Gasteiger partial charge in [-0.2, -0.15) is 0 Å². The fourth-order valence-corrected chi connectivity index (χ4v) is 3.71. The van der Waals surface area contributed by atoms with Crippen LogP contribution in [0.15, 0.2) is 60.3 Å². The number of rotatable bonds is 8. The summed E-state index contributed by atoms with van der Waals surface area (Å²) in [5, 5.41) is 10.1. The molecule has 3 aromatic rings. The topological polar surface area (TPSA) is 39.9 Å². The van der Waals surface area contributed by atoms with Crippen molar-refractivity contribution in [1.82, 2.24) is 14.8 Å². The first kappa shape index (κ1) is 20.4. The molecule has 0 aliphatic carbocycles. The number of halogens is 2. The molecular formula is C21H21ClFN3OS.